The topological polar surface area (TPSA) is 94.2 Å². The summed E-state index contributed by atoms with van der Waals surface area (Å²) in [4.78, 5) is 16.7. The zero-order chi connectivity index (χ0) is 23.5. The Labute approximate surface area is 195 Å². The highest BCUT2D eigenvalue weighted by molar-refractivity contribution is 5.91. The summed E-state index contributed by atoms with van der Waals surface area (Å²) in [6.45, 7) is 3.60. The first-order valence-electron chi connectivity index (χ1n) is 11.2. The van der Waals surface area contributed by atoms with E-state index in [1.807, 2.05) is 25.4 Å². The number of nitrogens with zero attached hydrogens (tertiary/aromatic N) is 8. The Hall–Kier alpha value is -3.76. The minimum Gasteiger partial charge on any atom is -0.392 e. The second kappa shape index (κ2) is 9.62. The van der Waals surface area contributed by atoms with E-state index in [2.05, 4.69) is 35.5 Å². The number of halogens is 2. The summed E-state index contributed by atoms with van der Waals surface area (Å²) in [7, 11) is 0. The highest BCUT2D eigenvalue weighted by Gasteiger charge is 2.23. The van der Waals surface area contributed by atoms with Crippen LogP contribution >= 0.6 is 0 Å². The van der Waals surface area contributed by atoms with Gasteiger partial charge in [-0.2, -0.15) is 4.68 Å². The van der Waals surface area contributed by atoms with E-state index in [9.17, 15) is 8.78 Å². The molecule has 1 aromatic carbocycles. The van der Waals surface area contributed by atoms with Crippen molar-refractivity contribution < 1.29 is 13.6 Å². The number of hydrogen-bond acceptors (Lipinski definition) is 8. The molecule has 3 heterocycles. The molecule has 0 amide bonds. The predicted molar refractivity (Wildman–Crippen MR) is 121 cm³/mol. The van der Waals surface area contributed by atoms with E-state index in [4.69, 9.17) is 4.84 Å². The molecule has 1 aliphatic heterocycles. The number of aryl methyl sites for hydroxylation is 1. The number of benzene rings is 1. The van der Waals surface area contributed by atoms with Crippen molar-refractivity contribution in [1.82, 2.24) is 30.2 Å². The monoisotopic (exact) mass is 466 g/mol. The van der Waals surface area contributed by atoms with Crippen molar-refractivity contribution >= 4 is 17.2 Å². The van der Waals surface area contributed by atoms with Gasteiger partial charge in [0.25, 0.3) is 0 Å². The van der Waals surface area contributed by atoms with Gasteiger partial charge in [-0.3, -0.25) is 0 Å². The molecule has 9 nitrogen and oxygen atoms in total. The molecular formula is C23H24F2N8O. The van der Waals surface area contributed by atoms with Crippen molar-refractivity contribution in [2.24, 2.45) is 5.16 Å². The fraction of sp³-hybridized carbons (Fsp3) is 0.391. The number of aromatic nitrogens is 6. The molecule has 0 unspecified atom stereocenters. The molecule has 0 N–H and O–H groups in total. The van der Waals surface area contributed by atoms with Gasteiger partial charge in [0.2, 0.25) is 5.95 Å². The minimum absolute atomic E-state index is 0.0294. The lowest BCUT2D eigenvalue weighted by atomic mass is 9.92. The molecular weight excluding hydrogens is 442 g/mol. The molecule has 2 aliphatic rings. The number of hydrogen-bond donors (Lipinski definition) is 0. The van der Waals surface area contributed by atoms with E-state index in [1.165, 1.54) is 12.4 Å². The lowest BCUT2D eigenvalue weighted by molar-refractivity contribution is 0.0411. The molecule has 0 bridgehead atoms. The first kappa shape index (κ1) is 22.1. The number of anilines is 1. The van der Waals surface area contributed by atoms with Gasteiger partial charge in [-0.1, -0.05) is 11.2 Å². The van der Waals surface area contributed by atoms with E-state index < -0.39 is 11.6 Å². The van der Waals surface area contributed by atoms with Gasteiger partial charge in [0.05, 0.1) is 5.71 Å². The fourth-order valence-electron chi connectivity index (χ4n) is 4.14. The minimum atomic E-state index is -0.588. The van der Waals surface area contributed by atoms with Gasteiger partial charge in [0, 0.05) is 56.4 Å². The Kier molecular flexibility index (Phi) is 6.24. The molecule has 1 fully saturated rings. The zero-order valence-corrected chi connectivity index (χ0v) is 18.7. The van der Waals surface area contributed by atoms with Crippen molar-refractivity contribution in [2.45, 2.75) is 45.1 Å². The van der Waals surface area contributed by atoms with Crippen LogP contribution in [0.5, 0.6) is 0 Å². The van der Waals surface area contributed by atoms with Gasteiger partial charge in [0.15, 0.2) is 0 Å². The molecule has 176 valence electrons. The third kappa shape index (κ3) is 4.78. The maximum absolute atomic E-state index is 14.7. The van der Waals surface area contributed by atoms with Gasteiger partial charge >= 0.3 is 0 Å². The molecule has 2 aromatic heterocycles. The number of tetrazole rings is 1. The predicted octanol–water partition coefficient (Wildman–Crippen LogP) is 3.65. The average Bonchev–Trinajstić information content (AvgIpc) is 3.40. The van der Waals surface area contributed by atoms with E-state index in [0.29, 0.717) is 19.3 Å². The van der Waals surface area contributed by atoms with Crippen molar-refractivity contribution in [2.75, 3.05) is 18.0 Å². The van der Waals surface area contributed by atoms with Crippen LogP contribution in [0.25, 0.3) is 11.3 Å². The van der Waals surface area contributed by atoms with Gasteiger partial charge in [0.1, 0.15) is 29.8 Å². The Morgan fingerprint density at radius 3 is 2.53 bits per heavy atom. The quantitative estimate of drug-likeness (QED) is 0.530. The van der Waals surface area contributed by atoms with Gasteiger partial charge in [-0.25, -0.2) is 18.7 Å². The Balaban J connectivity index is 1.17. The number of rotatable bonds is 5. The fourth-order valence-corrected chi connectivity index (χ4v) is 4.14. The first-order chi connectivity index (χ1) is 16.6. The largest absolute Gasteiger partial charge is 0.392 e. The molecule has 3 aromatic rings. The van der Waals surface area contributed by atoms with Crippen molar-refractivity contribution in [1.29, 1.82) is 0 Å². The van der Waals surface area contributed by atoms with Crippen molar-refractivity contribution in [3.8, 4) is 5.69 Å². The molecule has 11 heteroatoms. The third-order valence-corrected chi connectivity index (χ3v) is 6.07. The number of piperidine rings is 1. The van der Waals surface area contributed by atoms with Crippen LogP contribution in [-0.4, -0.2) is 55.1 Å². The van der Waals surface area contributed by atoms with Gasteiger partial charge in [-0.15, -0.1) is 5.10 Å². The summed E-state index contributed by atoms with van der Waals surface area (Å²) in [5.74, 6) is -0.358. The second-order valence-corrected chi connectivity index (χ2v) is 8.48. The van der Waals surface area contributed by atoms with Gasteiger partial charge in [-0.05, 0) is 47.4 Å². The average molecular weight is 466 g/mol. The summed E-state index contributed by atoms with van der Waals surface area (Å²) >= 11 is 0. The summed E-state index contributed by atoms with van der Waals surface area (Å²) in [5, 5.41) is 14.9. The molecule has 5 rings (SSSR count). The standard InChI is InChI=1S/C23H24F2N8O/c1-15-12-26-23(27-13-15)32-8-6-18(7-9-32)34-29-17-4-2-16(3-5-17)19-10-21(25)22(11-20(19)24)33-14-28-30-31-33/h2,10-14,18H,3-9H2,1H3. The molecule has 1 saturated heterocycles. The van der Waals surface area contributed by atoms with Crippen LogP contribution in [0, 0.1) is 18.6 Å². The normalized spacial score (nSPS) is 18.3. The first-order valence-corrected chi connectivity index (χ1v) is 11.2. The van der Waals surface area contributed by atoms with E-state index in [1.54, 1.807) is 0 Å². The smallest absolute Gasteiger partial charge is 0.225 e. The summed E-state index contributed by atoms with van der Waals surface area (Å²) in [5.41, 5.74) is 2.92. The van der Waals surface area contributed by atoms with Gasteiger partial charge < -0.3 is 9.74 Å². The van der Waals surface area contributed by atoms with Crippen LogP contribution in [0.15, 0.2) is 42.1 Å². The number of oxime groups is 1. The Morgan fingerprint density at radius 1 is 1.06 bits per heavy atom. The summed E-state index contributed by atoms with van der Waals surface area (Å²) < 4.78 is 30.3. The second-order valence-electron chi connectivity index (χ2n) is 8.48. The lowest BCUT2D eigenvalue weighted by Gasteiger charge is -2.30. The molecule has 0 saturated carbocycles. The molecule has 0 radical (unpaired) electrons. The van der Waals surface area contributed by atoms with E-state index in [-0.39, 0.29) is 17.4 Å². The molecule has 1 aliphatic carbocycles. The van der Waals surface area contributed by atoms with Crippen molar-refractivity contribution in [3.05, 3.63) is 59.7 Å². The van der Waals surface area contributed by atoms with Crippen LogP contribution in [0.1, 0.15) is 43.2 Å². The van der Waals surface area contributed by atoms with E-state index in [0.717, 1.165) is 59.5 Å². The highest BCUT2D eigenvalue weighted by atomic mass is 19.1. The maximum atomic E-state index is 14.7. The number of allylic oxidation sites excluding steroid dienone is 2. The van der Waals surface area contributed by atoms with Crippen LogP contribution < -0.4 is 4.90 Å². The molecule has 34 heavy (non-hydrogen) atoms. The SMILES string of the molecule is Cc1cnc(N2CCC(ON=C3CC=C(c4cc(F)c(-n5cnnn5)cc4F)CC3)CC2)nc1. The van der Waals surface area contributed by atoms with Crippen LogP contribution in [0.4, 0.5) is 14.7 Å². The zero-order valence-electron chi connectivity index (χ0n) is 18.7. The lowest BCUT2D eigenvalue weighted by Crippen LogP contribution is -2.37. The molecule has 0 atom stereocenters. The Morgan fingerprint density at radius 2 is 1.85 bits per heavy atom. The summed E-state index contributed by atoms with van der Waals surface area (Å²) in [6, 6.07) is 2.31. The van der Waals surface area contributed by atoms with Crippen LogP contribution in [-0.2, 0) is 4.84 Å². The van der Waals surface area contributed by atoms with Crippen molar-refractivity contribution in [3.63, 3.8) is 0 Å². The maximum Gasteiger partial charge on any atom is 0.225 e. The highest BCUT2D eigenvalue weighted by Crippen LogP contribution is 2.30. The Bertz CT molecular complexity index is 1200. The van der Waals surface area contributed by atoms with Crippen LogP contribution in [0.3, 0.4) is 0 Å². The summed E-state index contributed by atoms with van der Waals surface area (Å²) in [6.07, 6.45) is 10.2. The van der Waals surface area contributed by atoms with E-state index >= 15 is 0 Å². The van der Waals surface area contributed by atoms with Crippen LogP contribution in [0.2, 0.25) is 0 Å². The third-order valence-electron chi connectivity index (χ3n) is 6.07. The molecule has 0 spiro atoms.